The lowest BCUT2D eigenvalue weighted by atomic mass is 10.1. The SMILES string of the molecule is Cc1c(C(=O)CN2CCCCC2)c2ncc(CCC(=O)NCC=O)cc2n1-c1ccc(C#N)cc1. The standard InChI is InChI=1S/C27H29N5O3/c1-19-26(24(34)18-31-12-3-2-4-13-31)27-23(32(19)22-8-5-20(16-28)6-9-22)15-21(17-30-27)7-10-25(35)29-11-14-33/h5-6,8-9,14-15,17H,2-4,7,10-13,18H2,1H3,(H,29,35). The van der Waals surface area contributed by atoms with Gasteiger partial charge in [0.15, 0.2) is 5.78 Å². The molecule has 0 bridgehead atoms. The summed E-state index contributed by atoms with van der Waals surface area (Å²) in [7, 11) is 0. The number of hydrogen-bond donors (Lipinski definition) is 1. The maximum atomic E-state index is 13.5. The summed E-state index contributed by atoms with van der Waals surface area (Å²) in [6.07, 6.45) is 6.50. The first-order valence-electron chi connectivity index (χ1n) is 12.0. The normalized spacial score (nSPS) is 13.9. The summed E-state index contributed by atoms with van der Waals surface area (Å²) in [5, 5.41) is 11.7. The molecule has 35 heavy (non-hydrogen) atoms. The van der Waals surface area contributed by atoms with Gasteiger partial charge in [0, 0.05) is 24.0 Å². The van der Waals surface area contributed by atoms with Crippen molar-refractivity contribution < 1.29 is 14.4 Å². The van der Waals surface area contributed by atoms with Crippen molar-refractivity contribution in [2.45, 2.75) is 39.0 Å². The lowest BCUT2D eigenvalue weighted by Crippen LogP contribution is -2.34. The van der Waals surface area contributed by atoms with Crippen LogP contribution in [-0.2, 0) is 16.0 Å². The number of likely N-dealkylation sites (tertiary alicyclic amines) is 1. The molecule has 0 spiro atoms. The summed E-state index contributed by atoms with van der Waals surface area (Å²) >= 11 is 0. The highest BCUT2D eigenvalue weighted by atomic mass is 16.2. The molecule has 1 fully saturated rings. The van der Waals surface area contributed by atoms with Gasteiger partial charge >= 0.3 is 0 Å². The van der Waals surface area contributed by atoms with Crippen LogP contribution in [0.25, 0.3) is 16.7 Å². The van der Waals surface area contributed by atoms with E-state index in [1.54, 1.807) is 18.3 Å². The van der Waals surface area contributed by atoms with Crippen LogP contribution in [0.15, 0.2) is 36.5 Å². The van der Waals surface area contributed by atoms with Gasteiger partial charge in [0.05, 0.1) is 41.3 Å². The van der Waals surface area contributed by atoms with E-state index in [2.05, 4.69) is 21.3 Å². The number of nitrogens with zero attached hydrogens (tertiary/aromatic N) is 4. The minimum Gasteiger partial charge on any atom is -0.349 e. The Morgan fingerprint density at radius 3 is 2.60 bits per heavy atom. The number of amides is 1. The van der Waals surface area contributed by atoms with E-state index in [4.69, 9.17) is 0 Å². The van der Waals surface area contributed by atoms with Crippen molar-refractivity contribution in [1.29, 1.82) is 5.26 Å². The zero-order valence-electron chi connectivity index (χ0n) is 19.9. The van der Waals surface area contributed by atoms with E-state index in [9.17, 15) is 19.6 Å². The summed E-state index contributed by atoms with van der Waals surface area (Å²) in [4.78, 5) is 42.8. The van der Waals surface area contributed by atoms with E-state index in [-0.39, 0.29) is 24.7 Å². The van der Waals surface area contributed by atoms with Gasteiger partial charge in [-0.15, -0.1) is 0 Å². The van der Waals surface area contributed by atoms with Crippen molar-refractivity contribution in [3.05, 3.63) is 58.9 Å². The predicted octanol–water partition coefficient (Wildman–Crippen LogP) is 3.12. The third-order valence-electron chi connectivity index (χ3n) is 6.47. The second-order valence-electron chi connectivity index (χ2n) is 8.90. The number of carbonyl (C=O) groups excluding carboxylic acids is 3. The number of carbonyl (C=O) groups is 3. The zero-order valence-corrected chi connectivity index (χ0v) is 19.9. The van der Waals surface area contributed by atoms with Crippen LogP contribution in [0.2, 0.25) is 0 Å². The molecule has 1 aromatic carbocycles. The first-order chi connectivity index (χ1) is 17.0. The Kier molecular flexibility index (Phi) is 7.68. The van der Waals surface area contributed by atoms with E-state index in [0.717, 1.165) is 48.4 Å². The fourth-order valence-electron chi connectivity index (χ4n) is 4.71. The van der Waals surface area contributed by atoms with Crippen LogP contribution < -0.4 is 5.32 Å². The number of ketones is 1. The van der Waals surface area contributed by atoms with Crippen LogP contribution in [0.5, 0.6) is 0 Å². The average Bonchev–Trinajstić information content (AvgIpc) is 3.17. The van der Waals surface area contributed by atoms with E-state index in [1.807, 2.05) is 29.7 Å². The van der Waals surface area contributed by atoms with Crippen molar-refractivity contribution >= 4 is 29.0 Å². The fraction of sp³-hybridized carbons (Fsp3) is 0.370. The molecule has 2 aromatic heterocycles. The lowest BCUT2D eigenvalue weighted by molar-refractivity contribution is -0.122. The maximum absolute atomic E-state index is 13.5. The number of aromatic nitrogens is 2. The number of nitriles is 1. The number of aryl methyl sites for hydroxylation is 1. The third-order valence-corrected chi connectivity index (χ3v) is 6.47. The Bertz CT molecular complexity index is 1280. The van der Waals surface area contributed by atoms with E-state index in [1.165, 1.54) is 6.42 Å². The Hall–Kier alpha value is -3.83. The summed E-state index contributed by atoms with van der Waals surface area (Å²) in [6, 6.07) is 11.3. The maximum Gasteiger partial charge on any atom is 0.220 e. The average molecular weight is 472 g/mol. The van der Waals surface area contributed by atoms with Crippen LogP contribution in [-0.4, -0.2) is 58.6 Å². The largest absolute Gasteiger partial charge is 0.349 e. The topological polar surface area (TPSA) is 108 Å². The van der Waals surface area contributed by atoms with E-state index < -0.39 is 0 Å². The first-order valence-corrected chi connectivity index (χ1v) is 12.0. The molecule has 8 nitrogen and oxygen atoms in total. The molecule has 1 saturated heterocycles. The molecule has 1 N–H and O–H groups in total. The number of rotatable bonds is 9. The summed E-state index contributed by atoms with van der Waals surface area (Å²) in [5.41, 5.74) is 5.12. The number of Topliss-reactive ketones (excluding diaryl/α,β-unsaturated/α-hetero) is 1. The summed E-state index contributed by atoms with van der Waals surface area (Å²) in [6.45, 7) is 4.16. The zero-order chi connectivity index (χ0) is 24.8. The number of pyridine rings is 1. The molecule has 0 radical (unpaired) electrons. The number of nitrogens with one attached hydrogen (secondary N) is 1. The molecule has 0 unspecified atom stereocenters. The van der Waals surface area contributed by atoms with Gasteiger partial charge < -0.3 is 14.7 Å². The minimum absolute atomic E-state index is 0.000649. The molecule has 1 amide bonds. The second-order valence-corrected chi connectivity index (χ2v) is 8.90. The van der Waals surface area contributed by atoms with Crippen molar-refractivity contribution in [3.8, 4) is 11.8 Å². The Morgan fingerprint density at radius 1 is 1.17 bits per heavy atom. The fourth-order valence-corrected chi connectivity index (χ4v) is 4.71. The third kappa shape index (κ3) is 5.47. The number of benzene rings is 1. The monoisotopic (exact) mass is 471 g/mol. The molecular weight excluding hydrogens is 442 g/mol. The van der Waals surface area contributed by atoms with Crippen LogP contribution in [0.1, 0.15) is 52.9 Å². The molecular formula is C27H29N5O3. The Morgan fingerprint density at radius 2 is 1.91 bits per heavy atom. The van der Waals surface area contributed by atoms with Crippen molar-refractivity contribution in [2.24, 2.45) is 0 Å². The second kappa shape index (κ2) is 11.1. The van der Waals surface area contributed by atoms with E-state index in [0.29, 0.717) is 35.9 Å². The highest BCUT2D eigenvalue weighted by Crippen LogP contribution is 2.30. The van der Waals surface area contributed by atoms with Gasteiger partial charge in [-0.3, -0.25) is 19.5 Å². The summed E-state index contributed by atoms with van der Waals surface area (Å²) < 4.78 is 2.00. The molecule has 180 valence electrons. The molecule has 0 saturated carbocycles. The molecule has 0 aliphatic carbocycles. The smallest absolute Gasteiger partial charge is 0.220 e. The van der Waals surface area contributed by atoms with Crippen LogP contribution in [0.4, 0.5) is 0 Å². The van der Waals surface area contributed by atoms with Crippen molar-refractivity contribution in [1.82, 2.24) is 19.8 Å². The quantitative estimate of drug-likeness (QED) is 0.379. The molecule has 3 heterocycles. The summed E-state index contributed by atoms with van der Waals surface area (Å²) in [5.74, 6) is -0.150. The Labute approximate surface area is 204 Å². The first kappa shape index (κ1) is 24.3. The number of hydrogen-bond acceptors (Lipinski definition) is 6. The molecule has 0 atom stereocenters. The number of piperidine rings is 1. The van der Waals surface area contributed by atoms with Crippen molar-refractivity contribution in [3.63, 3.8) is 0 Å². The van der Waals surface area contributed by atoms with Crippen LogP contribution >= 0.6 is 0 Å². The predicted molar refractivity (Wildman–Crippen MR) is 133 cm³/mol. The number of aldehydes is 1. The van der Waals surface area contributed by atoms with Gasteiger partial charge in [0.1, 0.15) is 6.29 Å². The van der Waals surface area contributed by atoms with Gasteiger partial charge in [-0.1, -0.05) is 6.42 Å². The lowest BCUT2D eigenvalue weighted by Gasteiger charge is -2.25. The van der Waals surface area contributed by atoms with Crippen LogP contribution in [0, 0.1) is 18.3 Å². The van der Waals surface area contributed by atoms with Gasteiger partial charge in [-0.25, -0.2) is 0 Å². The van der Waals surface area contributed by atoms with Crippen molar-refractivity contribution in [2.75, 3.05) is 26.2 Å². The highest BCUT2D eigenvalue weighted by Gasteiger charge is 2.24. The molecule has 1 aliphatic rings. The molecule has 4 rings (SSSR count). The minimum atomic E-state index is -0.201. The van der Waals surface area contributed by atoms with Crippen LogP contribution in [0.3, 0.4) is 0 Å². The van der Waals surface area contributed by atoms with E-state index >= 15 is 0 Å². The van der Waals surface area contributed by atoms with Gasteiger partial charge in [0.25, 0.3) is 0 Å². The molecule has 1 aliphatic heterocycles. The number of fused-ring (bicyclic) bond motifs is 1. The van der Waals surface area contributed by atoms with Gasteiger partial charge in [0.2, 0.25) is 5.91 Å². The van der Waals surface area contributed by atoms with Gasteiger partial charge in [-0.05, 0) is 75.2 Å². The molecule has 8 heteroatoms. The van der Waals surface area contributed by atoms with Gasteiger partial charge in [-0.2, -0.15) is 5.26 Å². The Balaban J connectivity index is 1.72. The highest BCUT2D eigenvalue weighted by molar-refractivity contribution is 6.09. The molecule has 3 aromatic rings.